The van der Waals surface area contributed by atoms with Crippen LogP contribution in [0, 0.1) is 0 Å². The third kappa shape index (κ3) is 7.11. The fourth-order valence-electron chi connectivity index (χ4n) is 2.07. The predicted molar refractivity (Wildman–Crippen MR) is 91.1 cm³/mol. The number of anilines is 1. The first-order valence-corrected chi connectivity index (χ1v) is 8.11. The Morgan fingerprint density at radius 1 is 1.15 bits per heavy atom. The van der Waals surface area contributed by atoms with Gasteiger partial charge >= 0.3 is 18.1 Å². The molecule has 9 heteroatoms. The van der Waals surface area contributed by atoms with Gasteiger partial charge in [0.25, 0.3) is 0 Å². The monoisotopic (exact) mass is 395 g/mol. The van der Waals surface area contributed by atoms with Gasteiger partial charge in [-0.05, 0) is 39.0 Å². The quantitative estimate of drug-likeness (QED) is 0.679. The van der Waals surface area contributed by atoms with Crippen molar-refractivity contribution >= 4 is 29.2 Å². The minimum Gasteiger partial charge on any atom is -0.468 e. The summed E-state index contributed by atoms with van der Waals surface area (Å²) in [6.45, 7) is 4.94. The number of hydrogen-bond acceptors (Lipinski definition) is 5. The maximum absolute atomic E-state index is 12.8. The summed E-state index contributed by atoms with van der Waals surface area (Å²) >= 11 is 5.72. The predicted octanol–water partition coefficient (Wildman–Crippen LogP) is 4.07. The maximum atomic E-state index is 12.8. The van der Waals surface area contributed by atoms with E-state index in [0.29, 0.717) is 0 Å². The molecule has 0 fully saturated rings. The third-order valence-electron chi connectivity index (χ3n) is 3.18. The second-order valence-corrected chi connectivity index (χ2v) is 6.90. The van der Waals surface area contributed by atoms with Crippen LogP contribution >= 0.6 is 11.6 Å². The van der Waals surface area contributed by atoms with Crippen LogP contribution in [0.4, 0.5) is 18.9 Å². The summed E-state index contributed by atoms with van der Waals surface area (Å²) in [4.78, 5) is 24.9. The van der Waals surface area contributed by atoms with Crippen molar-refractivity contribution in [3.05, 3.63) is 28.8 Å². The number of ether oxygens (including phenoxy) is 2. The molecule has 0 bridgehead atoms. The number of benzene rings is 1. The second-order valence-electron chi connectivity index (χ2n) is 6.50. The number of esters is 2. The fourth-order valence-corrected chi connectivity index (χ4v) is 2.35. The lowest BCUT2D eigenvalue weighted by molar-refractivity contribution is -0.154. The molecule has 0 N–H and O–H groups in total. The number of carbonyl (C=O) groups is 2. The molecular formula is C17H21ClF3NO4. The lowest BCUT2D eigenvalue weighted by atomic mass is 10.1. The molecule has 1 aromatic rings. The summed E-state index contributed by atoms with van der Waals surface area (Å²) in [5, 5.41) is -0.498. The van der Waals surface area contributed by atoms with E-state index in [0.717, 1.165) is 12.1 Å². The summed E-state index contributed by atoms with van der Waals surface area (Å²) < 4.78 is 48.2. The Bertz CT molecular complexity index is 656. The number of carbonyl (C=O) groups excluding carboxylic acids is 2. The van der Waals surface area contributed by atoms with Gasteiger partial charge in [-0.1, -0.05) is 11.6 Å². The number of hydrogen-bond donors (Lipinski definition) is 0. The highest BCUT2D eigenvalue weighted by atomic mass is 35.5. The Labute approximate surface area is 155 Å². The topological polar surface area (TPSA) is 55.8 Å². The van der Waals surface area contributed by atoms with Crippen LogP contribution in [-0.4, -0.2) is 37.7 Å². The van der Waals surface area contributed by atoms with Crippen LogP contribution in [0.3, 0.4) is 0 Å². The highest BCUT2D eigenvalue weighted by Crippen LogP contribution is 2.36. The van der Waals surface area contributed by atoms with Crippen LogP contribution in [0.25, 0.3) is 0 Å². The molecule has 0 saturated heterocycles. The standard InChI is InChI=1S/C17H21ClF3NO4/c1-16(2,3)26-14(23)7-8-22(10-15(24)25-4)11-5-6-12(13(18)9-11)17(19,20)21/h5-6,9H,7-8,10H2,1-4H3. The van der Waals surface area contributed by atoms with Gasteiger partial charge in [0.2, 0.25) is 0 Å². The molecule has 0 aliphatic heterocycles. The minimum atomic E-state index is -4.58. The SMILES string of the molecule is COC(=O)CN(CCC(=O)OC(C)(C)C)c1ccc(C(F)(F)F)c(Cl)c1. The van der Waals surface area contributed by atoms with Gasteiger partial charge in [-0.2, -0.15) is 13.2 Å². The van der Waals surface area contributed by atoms with Crippen LogP contribution in [-0.2, 0) is 25.2 Å². The first kappa shape index (κ1) is 22.1. The maximum Gasteiger partial charge on any atom is 0.417 e. The normalized spacial score (nSPS) is 11.8. The molecule has 1 rings (SSSR count). The van der Waals surface area contributed by atoms with Crippen LogP contribution in [0.2, 0.25) is 5.02 Å². The minimum absolute atomic E-state index is 0.0473. The lowest BCUT2D eigenvalue weighted by Crippen LogP contribution is -2.34. The van der Waals surface area contributed by atoms with Crippen molar-refractivity contribution in [2.45, 2.75) is 39.0 Å². The molecule has 0 heterocycles. The van der Waals surface area contributed by atoms with Crippen molar-refractivity contribution < 1.29 is 32.2 Å². The molecule has 5 nitrogen and oxygen atoms in total. The van der Waals surface area contributed by atoms with Gasteiger partial charge in [-0.25, -0.2) is 0 Å². The molecule has 0 unspecified atom stereocenters. The summed E-state index contributed by atoms with van der Waals surface area (Å²) in [6.07, 6.45) is -4.65. The highest BCUT2D eigenvalue weighted by molar-refractivity contribution is 6.31. The first-order valence-electron chi connectivity index (χ1n) is 7.74. The van der Waals surface area contributed by atoms with Crippen LogP contribution < -0.4 is 4.90 Å². The van der Waals surface area contributed by atoms with Crippen LogP contribution in [0.1, 0.15) is 32.8 Å². The summed E-state index contributed by atoms with van der Waals surface area (Å²) in [6, 6.07) is 3.12. The van der Waals surface area contributed by atoms with Crippen LogP contribution in [0.15, 0.2) is 18.2 Å². The number of rotatable bonds is 6. The molecule has 26 heavy (non-hydrogen) atoms. The Morgan fingerprint density at radius 2 is 1.77 bits per heavy atom. The van der Waals surface area contributed by atoms with E-state index in [-0.39, 0.29) is 25.2 Å². The molecule has 1 aromatic carbocycles. The lowest BCUT2D eigenvalue weighted by Gasteiger charge is -2.25. The van der Waals surface area contributed by atoms with Crippen molar-refractivity contribution in [3.63, 3.8) is 0 Å². The summed E-state index contributed by atoms with van der Waals surface area (Å²) in [5.41, 5.74) is -1.38. The van der Waals surface area contributed by atoms with E-state index in [4.69, 9.17) is 16.3 Å². The summed E-state index contributed by atoms with van der Waals surface area (Å²) in [7, 11) is 1.19. The van der Waals surface area contributed by atoms with E-state index < -0.39 is 34.3 Å². The number of methoxy groups -OCH3 is 1. The number of alkyl halides is 3. The highest BCUT2D eigenvalue weighted by Gasteiger charge is 2.33. The molecule has 0 radical (unpaired) electrons. The van der Waals surface area contributed by atoms with Gasteiger partial charge in [-0.3, -0.25) is 9.59 Å². The average molecular weight is 396 g/mol. The zero-order chi connectivity index (χ0) is 20.1. The Morgan fingerprint density at radius 3 is 2.23 bits per heavy atom. The molecular weight excluding hydrogens is 375 g/mol. The van der Waals surface area contributed by atoms with E-state index in [1.54, 1.807) is 20.8 Å². The van der Waals surface area contributed by atoms with Gasteiger partial charge in [0.15, 0.2) is 0 Å². The molecule has 0 spiro atoms. The van der Waals surface area contributed by atoms with E-state index >= 15 is 0 Å². The fraction of sp³-hybridized carbons (Fsp3) is 0.529. The third-order valence-corrected chi connectivity index (χ3v) is 3.49. The molecule has 0 aliphatic carbocycles. The van der Waals surface area contributed by atoms with Gasteiger partial charge < -0.3 is 14.4 Å². The van der Waals surface area contributed by atoms with E-state index in [2.05, 4.69) is 4.74 Å². The van der Waals surface area contributed by atoms with E-state index in [9.17, 15) is 22.8 Å². The van der Waals surface area contributed by atoms with Crippen molar-refractivity contribution in [2.75, 3.05) is 25.1 Å². The van der Waals surface area contributed by atoms with Gasteiger partial charge in [0.1, 0.15) is 12.1 Å². The van der Waals surface area contributed by atoms with Gasteiger partial charge in [0.05, 0.1) is 24.1 Å². The van der Waals surface area contributed by atoms with Gasteiger partial charge in [0, 0.05) is 12.2 Å². The summed E-state index contributed by atoms with van der Waals surface area (Å²) in [5.74, 6) is -1.10. The zero-order valence-electron chi connectivity index (χ0n) is 14.9. The van der Waals surface area contributed by atoms with E-state index in [1.165, 1.54) is 18.1 Å². The van der Waals surface area contributed by atoms with E-state index in [1.807, 2.05) is 0 Å². The number of halogens is 4. The molecule has 146 valence electrons. The zero-order valence-corrected chi connectivity index (χ0v) is 15.7. The van der Waals surface area contributed by atoms with Crippen molar-refractivity contribution in [1.29, 1.82) is 0 Å². The van der Waals surface area contributed by atoms with Crippen molar-refractivity contribution in [2.24, 2.45) is 0 Å². The molecule has 0 aromatic heterocycles. The first-order chi connectivity index (χ1) is 11.8. The molecule has 0 atom stereocenters. The van der Waals surface area contributed by atoms with Gasteiger partial charge in [-0.15, -0.1) is 0 Å². The molecule has 0 saturated carbocycles. The molecule has 0 aliphatic rings. The number of nitrogens with zero attached hydrogens (tertiary/aromatic N) is 1. The Balaban J connectivity index is 2.98. The van der Waals surface area contributed by atoms with Crippen molar-refractivity contribution in [1.82, 2.24) is 0 Å². The second kappa shape index (κ2) is 8.62. The smallest absolute Gasteiger partial charge is 0.417 e. The van der Waals surface area contributed by atoms with Crippen LogP contribution in [0.5, 0.6) is 0 Å². The average Bonchev–Trinajstić information content (AvgIpc) is 2.47. The van der Waals surface area contributed by atoms with Crippen molar-refractivity contribution in [3.8, 4) is 0 Å². The Kier molecular flexibility index (Phi) is 7.32. The Hall–Kier alpha value is -1.96. The largest absolute Gasteiger partial charge is 0.468 e. The molecule has 0 amide bonds.